The first kappa shape index (κ1) is 12.2. The molecule has 0 aromatic heterocycles. The van der Waals surface area contributed by atoms with E-state index in [0.717, 1.165) is 19.3 Å². The Hall–Kier alpha value is -1.31. The van der Waals surface area contributed by atoms with Crippen molar-refractivity contribution in [2.45, 2.75) is 33.1 Å². The molecule has 0 unspecified atom stereocenters. The first-order valence-electron chi connectivity index (χ1n) is 6.26. The zero-order chi connectivity index (χ0) is 12.6. The Labute approximate surface area is 103 Å². The van der Waals surface area contributed by atoms with E-state index in [9.17, 15) is 4.79 Å². The molecule has 92 valence electrons. The average Bonchev–Trinajstić information content (AvgIpc) is 2.55. The van der Waals surface area contributed by atoms with Gasteiger partial charge < -0.3 is 5.11 Å². The molecule has 0 aliphatic heterocycles. The second kappa shape index (κ2) is 4.52. The van der Waals surface area contributed by atoms with Gasteiger partial charge >= 0.3 is 5.97 Å². The minimum Gasteiger partial charge on any atom is -0.478 e. The monoisotopic (exact) mass is 232 g/mol. The molecule has 0 fully saturated rings. The number of allylic oxidation sites excluding steroid dienone is 4. The van der Waals surface area contributed by atoms with Crippen LogP contribution < -0.4 is 0 Å². The Morgan fingerprint density at radius 3 is 2.47 bits per heavy atom. The van der Waals surface area contributed by atoms with Crippen LogP contribution in [0.1, 0.15) is 33.1 Å². The van der Waals surface area contributed by atoms with Crippen molar-refractivity contribution in [2.24, 2.45) is 17.8 Å². The van der Waals surface area contributed by atoms with Crippen LogP contribution in [-0.2, 0) is 4.79 Å². The highest BCUT2D eigenvalue weighted by Crippen LogP contribution is 2.44. The maximum atomic E-state index is 11.0. The first-order valence-corrected chi connectivity index (χ1v) is 6.26. The summed E-state index contributed by atoms with van der Waals surface area (Å²) in [4.78, 5) is 11.0. The molecular weight excluding hydrogens is 212 g/mol. The van der Waals surface area contributed by atoms with Gasteiger partial charge in [-0.1, -0.05) is 29.9 Å². The molecule has 0 aromatic rings. The van der Waals surface area contributed by atoms with Gasteiger partial charge in [0.25, 0.3) is 0 Å². The first-order chi connectivity index (χ1) is 8.00. The maximum Gasteiger partial charge on any atom is 0.331 e. The van der Waals surface area contributed by atoms with Gasteiger partial charge in [0.2, 0.25) is 0 Å². The summed E-state index contributed by atoms with van der Waals surface area (Å²) in [5.74, 6) is 0.370. The molecule has 3 atom stereocenters. The molecule has 1 N–H and O–H groups in total. The lowest BCUT2D eigenvalue weighted by atomic mass is 9.81. The maximum absolute atomic E-state index is 11.0. The predicted octanol–water partition coefficient (Wildman–Crippen LogP) is 3.57. The van der Waals surface area contributed by atoms with Crippen molar-refractivity contribution in [3.05, 3.63) is 35.5 Å². The number of fused-ring (bicyclic) bond motifs is 1. The molecule has 0 amide bonds. The van der Waals surface area contributed by atoms with Gasteiger partial charge in [-0.05, 0) is 50.9 Å². The fourth-order valence-electron chi connectivity index (χ4n) is 3.14. The summed E-state index contributed by atoms with van der Waals surface area (Å²) in [5.41, 5.74) is 3.21. The van der Waals surface area contributed by atoms with Crippen LogP contribution in [0.2, 0.25) is 0 Å². The van der Waals surface area contributed by atoms with Crippen LogP contribution in [0.4, 0.5) is 0 Å². The number of hydrogen-bond donors (Lipinski definition) is 1. The summed E-state index contributed by atoms with van der Waals surface area (Å²) in [6.45, 7) is 8.08. The molecule has 17 heavy (non-hydrogen) atoms. The van der Waals surface area contributed by atoms with Crippen molar-refractivity contribution in [1.82, 2.24) is 0 Å². The third-order valence-corrected chi connectivity index (χ3v) is 4.38. The molecule has 0 radical (unpaired) electrons. The van der Waals surface area contributed by atoms with Crippen LogP contribution >= 0.6 is 0 Å². The van der Waals surface area contributed by atoms with E-state index in [0.29, 0.717) is 17.4 Å². The van der Waals surface area contributed by atoms with Gasteiger partial charge in [0.05, 0.1) is 0 Å². The summed E-state index contributed by atoms with van der Waals surface area (Å²) in [6, 6.07) is 0. The van der Waals surface area contributed by atoms with Crippen molar-refractivity contribution in [3.8, 4) is 0 Å². The van der Waals surface area contributed by atoms with Gasteiger partial charge in [0, 0.05) is 5.57 Å². The summed E-state index contributed by atoms with van der Waals surface area (Å²) < 4.78 is 0. The van der Waals surface area contributed by atoms with Gasteiger partial charge in [-0.15, -0.1) is 0 Å². The van der Waals surface area contributed by atoms with Crippen LogP contribution in [0.25, 0.3) is 0 Å². The van der Waals surface area contributed by atoms with E-state index in [1.54, 1.807) is 0 Å². The number of aliphatic carboxylic acids is 1. The van der Waals surface area contributed by atoms with E-state index in [1.165, 1.54) is 11.1 Å². The van der Waals surface area contributed by atoms with E-state index >= 15 is 0 Å². The van der Waals surface area contributed by atoms with Gasteiger partial charge in [-0.3, -0.25) is 0 Å². The molecular formula is C15H20O2. The van der Waals surface area contributed by atoms with E-state index in [1.807, 2.05) is 0 Å². The summed E-state index contributed by atoms with van der Waals surface area (Å²) in [5, 5.41) is 9.06. The third-order valence-electron chi connectivity index (χ3n) is 4.38. The quantitative estimate of drug-likeness (QED) is 0.584. The molecule has 0 aromatic carbocycles. The van der Waals surface area contributed by atoms with E-state index in [-0.39, 0.29) is 5.92 Å². The largest absolute Gasteiger partial charge is 0.478 e. The standard InChI is InChI=1S/C15H20O2/c1-9-4-6-12(11(3)15(16)17)8-14-10(2)5-7-13(9)14/h4-5,12-14H,3,6-8H2,1-2H3,(H,16,17)/t12-,13-,14+/m1/s1. The molecule has 0 spiro atoms. The SMILES string of the molecule is C=C(C(=O)O)[C@@H]1CC=C(C)[C@H]2CC=C(C)[C@@H]2C1. The molecule has 0 bridgehead atoms. The molecule has 0 saturated heterocycles. The van der Waals surface area contributed by atoms with Gasteiger partial charge in [0.15, 0.2) is 0 Å². The van der Waals surface area contributed by atoms with Crippen molar-refractivity contribution >= 4 is 5.97 Å². The lowest BCUT2D eigenvalue weighted by Crippen LogP contribution is -2.17. The molecule has 0 heterocycles. The molecule has 2 heteroatoms. The van der Waals surface area contributed by atoms with Crippen molar-refractivity contribution in [2.75, 3.05) is 0 Å². The Balaban J connectivity index is 2.22. The fourth-order valence-corrected chi connectivity index (χ4v) is 3.14. The van der Waals surface area contributed by atoms with Crippen LogP contribution in [0, 0.1) is 17.8 Å². The normalized spacial score (nSPS) is 32.2. The molecule has 2 aliphatic carbocycles. The van der Waals surface area contributed by atoms with Crippen molar-refractivity contribution in [1.29, 1.82) is 0 Å². The van der Waals surface area contributed by atoms with Crippen LogP contribution in [-0.4, -0.2) is 11.1 Å². The molecule has 0 saturated carbocycles. The lowest BCUT2D eigenvalue weighted by Gasteiger charge is -2.23. The zero-order valence-electron chi connectivity index (χ0n) is 10.6. The number of carboxylic acid groups (broad SMARTS) is 1. The van der Waals surface area contributed by atoms with Crippen molar-refractivity contribution < 1.29 is 9.90 Å². The third kappa shape index (κ3) is 2.21. The van der Waals surface area contributed by atoms with Crippen LogP contribution in [0.5, 0.6) is 0 Å². The second-order valence-electron chi connectivity index (χ2n) is 5.34. The van der Waals surface area contributed by atoms with Gasteiger partial charge in [-0.2, -0.15) is 0 Å². The molecule has 2 aliphatic rings. The Bertz CT molecular complexity index is 415. The minimum absolute atomic E-state index is 0.0962. The highest BCUT2D eigenvalue weighted by Gasteiger charge is 2.34. The highest BCUT2D eigenvalue weighted by atomic mass is 16.4. The number of carbonyl (C=O) groups is 1. The smallest absolute Gasteiger partial charge is 0.331 e. The Morgan fingerprint density at radius 1 is 1.24 bits per heavy atom. The van der Waals surface area contributed by atoms with Gasteiger partial charge in [0.1, 0.15) is 0 Å². The van der Waals surface area contributed by atoms with Crippen LogP contribution in [0.15, 0.2) is 35.5 Å². The number of rotatable bonds is 2. The van der Waals surface area contributed by atoms with E-state index < -0.39 is 5.97 Å². The minimum atomic E-state index is -0.848. The zero-order valence-corrected chi connectivity index (χ0v) is 10.6. The predicted molar refractivity (Wildman–Crippen MR) is 68.6 cm³/mol. The second-order valence-corrected chi connectivity index (χ2v) is 5.34. The topological polar surface area (TPSA) is 37.3 Å². The highest BCUT2D eigenvalue weighted by molar-refractivity contribution is 5.86. The summed E-state index contributed by atoms with van der Waals surface area (Å²) >= 11 is 0. The van der Waals surface area contributed by atoms with E-state index in [2.05, 4.69) is 32.6 Å². The van der Waals surface area contributed by atoms with Crippen LogP contribution in [0.3, 0.4) is 0 Å². The summed E-state index contributed by atoms with van der Waals surface area (Å²) in [6.07, 6.45) is 7.41. The Morgan fingerprint density at radius 2 is 1.82 bits per heavy atom. The Kier molecular flexibility index (Phi) is 3.23. The summed E-state index contributed by atoms with van der Waals surface area (Å²) in [7, 11) is 0. The lowest BCUT2D eigenvalue weighted by molar-refractivity contribution is -0.133. The number of carboxylic acids is 1. The van der Waals surface area contributed by atoms with Gasteiger partial charge in [-0.25, -0.2) is 4.79 Å². The van der Waals surface area contributed by atoms with E-state index in [4.69, 9.17) is 5.11 Å². The average molecular weight is 232 g/mol. The fraction of sp³-hybridized carbons (Fsp3) is 0.533. The molecule has 2 nitrogen and oxygen atoms in total. The van der Waals surface area contributed by atoms with Crippen molar-refractivity contribution in [3.63, 3.8) is 0 Å². The number of hydrogen-bond acceptors (Lipinski definition) is 1. The molecule has 2 rings (SSSR count).